The molecule has 0 atom stereocenters. The van der Waals surface area contributed by atoms with Crippen LogP contribution in [-0.2, 0) is 16.1 Å². The van der Waals surface area contributed by atoms with Crippen molar-refractivity contribution in [1.29, 1.82) is 0 Å². The molecular formula is C12H17N3O3. The van der Waals surface area contributed by atoms with E-state index in [4.69, 9.17) is 15.7 Å². The van der Waals surface area contributed by atoms with Gasteiger partial charge < -0.3 is 21.0 Å². The molecule has 6 heteroatoms. The SMILES string of the molecule is CCOCC(=O)NCc1ccc(/C(N)=N/O)cc1. The lowest BCUT2D eigenvalue weighted by Crippen LogP contribution is -2.27. The van der Waals surface area contributed by atoms with E-state index in [9.17, 15) is 4.79 Å². The second-order valence-electron chi connectivity index (χ2n) is 3.60. The molecule has 0 bridgehead atoms. The lowest BCUT2D eigenvalue weighted by Gasteiger charge is -2.06. The van der Waals surface area contributed by atoms with Crippen molar-refractivity contribution in [2.75, 3.05) is 13.2 Å². The zero-order valence-electron chi connectivity index (χ0n) is 10.2. The third kappa shape index (κ3) is 4.42. The molecule has 0 aromatic heterocycles. The van der Waals surface area contributed by atoms with Gasteiger partial charge in [-0.05, 0) is 12.5 Å². The van der Waals surface area contributed by atoms with Crippen molar-refractivity contribution >= 4 is 11.7 Å². The molecular weight excluding hydrogens is 234 g/mol. The van der Waals surface area contributed by atoms with E-state index in [1.54, 1.807) is 24.3 Å². The van der Waals surface area contributed by atoms with Crippen LogP contribution in [0.25, 0.3) is 0 Å². The van der Waals surface area contributed by atoms with Crippen LogP contribution in [0.2, 0.25) is 0 Å². The smallest absolute Gasteiger partial charge is 0.246 e. The van der Waals surface area contributed by atoms with Crippen LogP contribution in [0, 0.1) is 0 Å². The van der Waals surface area contributed by atoms with E-state index in [2.05, 4.69) is 10.5 Å². The van der Waals surface area contributed by atoms with Gasteiger partial charge in [0.1, 0.15) is 6.61 Å². The van der Waals surface area contributed by atoms with E-state index in [-0.39, 0.29) is 18.3 Å². The zero-order valence-corrected chi connectivity index (χ0v) is 10.2. The molecule has 18 heavy (non-hydrogen) atoms. The van der Waals surface area contributed by atoms with E-state index in [0.29, 0.717) is 18.7 Å². The summed E-state index contributed by atoms with van der Waals surface area (Å²) >= 11 is 0. The molecule has 0 saturated heterocycles. The minimum absolute atomic E-state index is 0.0573. The van der Waals surface area contributed by atoms with Gasteiger partial charge in [-0.15, -0.1) is 0 Å². The monoisotopic (exact) mass is 251 g/mol. The first-order valence-corrected chi connectivity index (χ1v) is 5.58. The lowest BCUT2D eigenvalue weighted by atomic mass is 10.1. The van der Waals surface area contributed by atoms with Gasteiger partial charge in [0.05, 0.1) is 0 Å². The Labute approximate surface area is 105 Å². The number of carbonyl (C=O) groups excluding carboxylic acids is 1. The third-order valence-corrected chi connectivity index (χ3v) is 2.28. The Morgan fingerprint density at radius 3 is 2.67 bits per heavy atom. The summed E-state index contributed by atoms with van der Waals surface area (Å²) in [4.78, 5) is 11.3. The predicted octanol–water partition coefficient (Wildman–Crippen LogP) is 0.434. The number of nitrogens with one attached hydrogen (secondary N) is 1. The maximum absolute atomic E-state index is 11.3. The van der Waals surface area contributed by atoms with E-state index in [0.717, 1.165) is 5.56 Å². The van der Waals surface area contributed by atoms with Crippen LogP contribution in [-0.4, -0.2) is 30.2 Å². The first-order chi connectivity index (χ1) is 8.67. The third-order valence-electron chi connectivity index (χ3n) is 2.28. The quantitative estimate of drug-likeness (QED) is 0.296. The number of rotatable bonds is 6. The summed E-state index contributed by atoms with van der Waals surface area (Å²) in [7, 11) is 0. The van der Waals surface area contributed by atoms with Crippen LogP contribution in [0.5, 0.6) is 0 Å². The Balaban J connectivity index is 2.47. The number of ether oxygens (including phenoxy) is 1. The highest BCUT2D eigenvalue weighted by molar-refractivity contribution is 5.96. The van der Waals surface area contributed by atoms with E-state index >= 15 is 0 Å². The number of nitrogens with two attached hydrogens (primary N) is 1. The summed E-state index contributed by atoms with van der Waals surface area (Å²) in [5.41, 5.74) is 6.99. The summed E-state index contributed by atoms with van der Waals surface area (Å²) < 4.78 is 4.98. The van der Waals surface area contributed by atoms with Crippen LogP contribution in [0.1, 0.15) is 18.1 Å². The maximum Gasteiger partial charge on any atom is 0.246 e. The molecule has 0 aliphatic rings. The molecule has 0 saturated carbocycles. The van der Waals surface area contributed by atoms with Crippen molar-refractivity contribution in [3.63, 3.8) is 0 Å². The summed E-state index contributed by atoms with van der Waals surface area (Å²) in [6.07, 6.45) is 0. The van der Waals surface area contributed by atoms with Gasteiger partial charge in [-0.3, -0.25) is 4.79 Å². The fourth-order valence-electron chi connectivity index (χ4n) is 1.30. The van der Waals surface area contributed by atoms with Gasteiger partial charge in [0, 0.05) is 18.7 Å². The Morgan fingerprint density at radius 2 is 2.11 bits per heavy atom. The van der Waals surface area contributed by atoms with Crippen LogP contribution >= 0.6 is 0 Å². The molecule has 0 aliphatic heterocycles. The van der Waals surface area contributed by atoms with Crippen LogP contribution in [0.4, 0.5) is 0 Å². The van der Waals surface area contributed by atoms with E-state index in [1.807, 2.05) is 6.92 Å². The number of carbonyl (C=O) groups is 1. The molecule has 6 nitrogen and oxygen atoms in total. The molecule has 1 aromatic carbocycles. The fraction of sp³-hybridized carbons (Fsp3) is 0.333. The number of hydrogen-bond donors (Lipinski definition) is 3. The van der Waals surface area contributed by atoms with Crippen molar-refractivity contribution in [3.05, 3.63) is 35.4 Å². The van der Waals surface area contributed by atoms with E-state index < -0.39 is 0 Å². The molecule has 0 aliphatic carbocycles. The minimum atomic E-state index is -0.155. The van der Waals surface area contributed by atoms with Crippen molar-refractivity contribution in [2.45, 2.75) is 13.5 Å². The Bertz CT molecular complexity index is 415. The van der Waals surface area contributed by atoms with Gasteiger partial charge >= 0.3 is 0 Å². The first-order valence-electron chi connectivity index (χ1n) is 5.58. The second-order valence-corrected chi connectivity index (χ2v) is 3.60. The van der Waals surface area contributed by atoms with Crippen molar-refractivity contribution in [3.8, 4) is 0 Å². The molecule has 1 amide bonds. The molecule has 1 aromatic rings. The van der Waals surface area contributed by atoms with Crippen LogP contribution < -0.4 is 11.1 Å². The Kier molecular flexibility index (Phi) is 5.66. The molecule has 0 heterocycles. The fourth-order valence-corrected chi connectivity index (χ4v) is 1.30. The number of amidine groups is 1. The largest absolute Gasteiger partial charge is 0.409 e. The molecule has 0 unspecified atom stereocenters. The number of oxime groups is 1. The van der Waals surface area contributed by atoms with Crippen molar-refractivity contribution in [2.24, 2.45) is 10.9 Å². The summed E-state index contributed by atoms with van der Waals surface area (Å²) in [6, 6.07) is 7.04. The molecule has 0 spiro atoms. The number of benzene rings is 1. The van der Waals surface area contributed by atoms with Crippen LogP contribution in [0.3, 0.4) is 0 Å². The highest BCUT2D eigenvalue weighted by Gasteiger charge is 2.02. The summed E-state index contributed by atoms with van der Waals surface area (Å²) in [5, 5.41) is 14.1. The molecule has 0 fully saturated rings. The average molecular weight is 251 g/mol. The van der Waals surface area contributed by atoms with Gasteiger partial charge in [-0.25, -0.2) is 0 Å². The lowest BCUT2D eigenvalue weighted by molar-refractivity contribution is -0.125. The first kappa shape index (κ1) is 14.0. The average Bonchev–Trinajstić information content (AvgIpc) is 2.42. The second kappa shape index (κ2) is 7.29. The normalized spacial score (nSPS) is 11.3. The van der Waals surface area contributed by atoms with Gasteiger partial charge in [0.15, 0.2) is 5.84 Å². The highest BCUT2D eigenvalue weighted by Crippen LogP contribution is 2.03. The summed E-state index contributed by atoms with van der Waals surface area (Å²) in [5.74, 6) is -0.0979. The highest BCUT2D eigenvalue weighted by atomic mass is 16.5. The van der Waals surface area contributed by atoms with Gasteiger partial charge in [0.25, 0.3) is 0 Å². The standard InChI is InChI=1S/C12H17N3O3/c1-2-18-8-11(16)14-7-9-3-5-10(6-4-9)12(13)15-17/h3-6,17H,2,7-8H2,1H3,(H2,13,15)(H,14,16). The topological polar surface area (TPSA) is 96.9 Å². The number of nitrogens with zero attached hydrogens (tertiary/aromatic N) is 1. The summed E-state index contributed by atoms with van der Waals surface area (Å²) in [6.45, 7) is 2.84. The number of hydrogen-bond acceptors (Lipinski definition) is 4. The molecule has 1 rings (SSSR count). The Hall–Kier alpha value is -2.08. The Morgan fingerprint density at radius 1 is 1.44 bits per heavy atom. The molecule has 0 radical (unpaired) electrons. The van der Waals surface area contributed by atoms with Crippen molar-refractivity contribution in [1.82, 2.24) is 5.32 Å². The number of amides is 1. The molecule has 4 N–H and O–H groups in total. The van der Waals surface area contributed by atoms with Gasteiger partial charge in [-0.1, -0.05) is 29.4 Å². The van der Waals surface area contributed by atoms with Crippen LogP contribution in [0.15, 0.2) is 29.4 Å². The van der Waals surface area contributed by atoms with Gasteiger partial charge in [0.2, 0.25) is 5.91 Å². The predicted molar refractivity (Wildman–Crippen MR) is 67.3 cm³/mol. The minimum Gasteiger partial charge on any atom is -0.409 e. The van der Waals surface area contributed by atoms with Crippen molar-refractivity contribution < 1.29 is 14.7 Å². The zero-order chi connectivity index (χ0) is 13.4. The molecule has 98 valence electrons. The van der Waals surface area contributed by atoms with E-state index in [1.165, 1.54) is 0 Å². The van der Waals surface area contributed by atoms with Gasteiger partial charge in [-0.2, -0.15) is 0 Å². The maximum atomic E-state index is 11.3.